The van der Waals surface area contributed by atoms with Crippen LogP contribution in [0.25, 0.3) is 0 Å². The van der Waals surface area contributed by atoms with Crippen LogP contribution < -0.4 is 5.43 Å². The fourth-order valence-electron chi connectivity index (χ4n) is 1.89. The Bertz CT molecular complexity index is 651. The smallest absolute Gasteiger partial charge is 0.223 e. The fraction of sp³-hybridized carbons (Fsp3) is 0.214. The van der Waals surface area contributed by atoms with E-state index < -0.39 is 17.3 Å². The summed E-state index contributed by atoms with van der Waals surface area (Å²) < 4.78 is 15.0. The number of aromatic nitrogens is 1. The molecule has 5 heteroatoms. The molecule has 100 valence electrons. The maximum atomic E-state index is 13.5. The summed E-state index contributed by atoms with van der Waals surface area (Å²) in [7, 11) is 0. The van der Waals surface area contributed by atoms with Gasteiger partial charge in [0.1, 0.15) is 5.82 Å². The third-order valence-electron chi connectivity index (χ3n) is 3.05. The van der Waals surface area contributed by atoms with E-state index in [1.54, 1.807) is 19.1 Å². The highest BCUT2D eigenvalue weighted by atomic mass is 19.1. The molecule has 2 rings (SSSR count). The Labute approximate surface area is 109 Å². The van der Waals surface area contributed by atoms with Crippen LogP contribution in [0.4, 0.5) is 4.39 Å². The van der Waals surface area contributed by atoms with Gasteiger partial charge in [-0.25, -0.2) is 4.39 Å². The highest BCUT2D eigenvalue weighted by Crippen LogP contribution is 2.20. The van der Waals surface area contributed by atoms with E-state index in [1.165, 1.54) is 29.0 Å². The molecule has 0 radical (unpaired) electrons. The maximum Gasteiger partial charge on any atom is 0.223 e. The summed E-state index contributed by atoms with van der Waals surface area (Å²) in [6.45, 7) is 1.62. The lowest BCUT2D eigenvalue weighted by Gasteiger charge is -2.16. The molecule has 1 aromatic heterocycles. The van der Waals surface area contributed by atoms with Gasteiger partial charge in [-0.2, -0.15) is 0 Å². The third-order valence-corrected chi connectivity index (χ3v) is 3.05. The molecule has 0 spiro atoms. The molecule has 0 aliphatic rings. The van der Waals surface area contributed by atoms with Crippen molar-refractivity contribution in [1.29, 1.82) is 0 Å². The van der Waals surface area contributed by atoms with Crippen molar-refractivity contribution >= 4 is 0 Å². The highest BCUT2D eigenvalue weighted by Gasteiger charge is 2.14. The minimum absolute atomic E-state index is 0.0562. The first-order valence-corrected chi connectivity index (χ1v) is 5.82. The van der Waals surface area contributed by atoms with Crippen LogP contribution in [0, 0.1) is 12.7 Å². The van der Waals surface area contributed by atoms with Gasteiger partial charge in [-0.3, -0.25) is 4.79 Å². The van der Waals surface area contributed by atoms with Crippen molar-refractivity contribution in [2.75, 3.05) is 0 Å². The number of rotatable bonds is 3. The molecule has 0 saturated carbocycles. The molecule has 0 fully saturated rings. The number of nitrogens with zero attached hydrogens (tertiary/aromatic N) is 1. The predicted molar refractivity (Wildman–Crippen MR) is 68.5 cm³/mol. The van der Waals surface area contributed by atoms with Gasteiger partial charge in [-0.05, 0) is 13.0 Å². The number of aromatic hydroxyl groups is 1. The lowest BCUT2D eigenvalue weighted by atomic mass is 10.1. The molecule has 1 heterocycles. The minimum atomic E-state index is -1.05. The molecule has 2 N–H and O–H groups in total. The van der Waals surface area contributed by atoms with Crippen LogP contribution in [0.1, 0.15) is 17.4 Å². The summed E-state index contributed by atoms with van der Waals surface area (Å²) in [6, 6.07) is 7.15. The zero-order valence-electron chi connectivity index (χ0n) is 10.4. The zero-order chi connectivity index (χ0) is 14.0. The van der Waals surface area contributed by atoms with Crippen LogP contribution in [-0.2, 0) is 6.54 Å². The zero-order valence-corrected chi connectivity index (χ0v) is 10.4. The van der Waals surface area contributed by atoms with E-state index in [4.69, 9.17) is 0 Å². The van der Waals surface area contributed by atoms with Crippen molar-refractivity contribution in [1.82, 2.24) is 4.57 Å². The first-order chi connectivity index (χ1) is 9.00. The standard InChI is InChI=1S/C14H14FNO3/c1-9-14(19)12(17)6-7-16(9)8-13(18)10-4-2-3-5-11(10)15/h2-7,13,18-19H,8H2,1H3/t13-/m0/s1. The van der Waals surface area contributed by atoms with E-state index in [0.717, 1.165) is 0 Å². The molecule has 1 aromatic carbocycles. The molecule has 0 aliphatic carbocycles. The van der Waals surface area contributed by atoms with Gasteiger partial charge in [-0.1, -0.05) is 18.2 Å². The lowest BCUT2D eigenvalue weighted by molar-refractivity contribution is 0.150. The number of pyridine rings is 1. The van der Waals surface area contributed by atoms with Crippen LogP contribution in [-0.4, -0.2) is 14.8 Å². The molecule has 0 saturated heterocycles. The Balaban J connectivity index is 2.30. The van der Waals surface area contributed by atoms with E-state index in [-0.39, 0.29) is 17.9 Å². The molecule has 4 nitrogen and oxygen atoms in total. The number of halogens is 1. The van der Waals surface area contributed by atoms with Crippen LogP contribution in [0.5, 0.6) is 5.75 Å². The number of hydrogen-bond donors (Lipinski definition) is 2. The first kappa shape index (κ1) is 13.3. The second-order valence-electron chi connectivity index (χ2n) is 4.30. The summed E-state index contributed by atoms with van der Waals surface area (Å²) in [5, 5.41) is 19.6. The Morgan fingerprint density at radius 2 is 2.00 bits per heavy atom. The molecule has 0 bridgehead atoms. The van der Waals surface area contributed by atoms with Crippen molar-refractivity contribution in [3.8, 4) is 5.75 Å². The second-order valence-corrected chi connectivity index (χ2v) is 4.30. The monoisotopic (exact) mass is 263 g/mol. The maximum absolute atomic E-state index is 13.5. The molecular formula is C14H14FNO3. The average Bonchev–Trinajstić information content (AvgIpc) is 2.40. The van der Waals surface area contributed by atoms with E-state index in [9.17, 15) is 19.4 Å². The normalized spacial score (nSPS) is 12.4. The molecule has 0 amide bonds. The second kappa shape index (κ2) is 5.24. The summed E-state index contributed by atoms with van der Waals surface area (Å²) in [6.07, 6.45) is 0.406. The van der Waals surface area contributed by atoms with Gasteiger partial charge in [0.15, 0.2) is 5.75 Å². The van der Waals surface area contributed by atoms with Gasteiger partial charge in [-0.15, -0.1) is 0 Å². The van der Waals surface area contributed by atoms with Crippen LogP contribution in [0.15, 0.2) is 41.3 Å². The molecule has 0 aliphatic heterocycles. The Morgan fingerprint density at radius 3 is 2.68 bits per heavy atom. The fourth-order valence-corrected chi connectivity index (χ4v) is 1.89. The molecular weight excluding hydrogens is 249 g/mol. The van der Waals surface area contributed by atoms with E-state index >= 15 is 0 Å². The van der Waals surface area contributed by atoms with Gasteiger partial charge in [0, 0.05) is 17.8 Å². The van der Waals surface area contributed by atoms with Gasteiger partial charge in [0.05, 0.1) is 18.3 Å². The summed E-state index contributed by atoms with van der Waals surface area (Å²) in [5.74, 6) is -0.846. The number of hydrogen-bond acceptors (Lipinski definition) is 3. The van der Waals surface area contributed by atoms with E-state index in [1.807, 2.05) is 0 Å². The predicted octanol–water partition coefficient (Wildman–Crippen LogP) is 1.74. The Kier molecular flexibility index (Phi) is 3.66. The largest absolute Gasteiger partial charge is 0.503 e. The van der Waals surface area contributed by atoms with Crippen LogP contribution in [0.2, 0.25) is 0 Å². The van der Waals surface area contributed by atoms with Crippen molar-refractivity contribution in [3.05, 3.63) is 63.8 Å². The molecule has 0 unspecified atom stereocenters. The first-order valence-electron chi connectivity index (χ1n) is 5.82. The van der Waals surface area contributed by atoms with Crippen molar-refractivity contribution < 1.29 is 14.6 Å². The van der Waals surface area contributed by atoms with Gasteiger partial charge in [0.2, 0.25) is 5.43 Å². The Hall–Kier alpha value is -2.14. The molecule has 1 atom stereocenters. The topological polar surface area (TPSA) is 62.5 Å². The van der Waals surface area contributed by atoms with Crippen molar-refractivity contribution in [2.45, 2.75) is 19.6 Å². The third kappa shape index (κ3) is 2.66. The Morgan fingerprint density at radius 1 is 1.32 bits per heavy atom. The summed E-state index contributed by atoms with van der Waals surface area (Å²) >= 11 is 0. The van der Waals surface area contributed by atoms with Gasteiger partial charge >= 0.3 is 0 Å². The molecule has 19 heavy (non-hydrogen) atoms. The van der Waals surface area contributed by atoms with Crippen molar-refractivity contribution in [2.24, 2.45) is 0 Å². The number of benzene rings is 1. The van der Waals surface area contributed by atoms with Crippen LogP contribution in [0.3, 0.4) is 0 Å². The number of aliphatic hydroxyl groups is 1. The lowest BCUT2D eigenvalue weighted by Crippen LogP contribution is -2.15. The summed E-state index contributed by atoms with van der Waals surface area (Å²) in [5.41, 5.74) is 0.0390. The minimum Gasteiger partial charge on any atom is -0.503 e. The highest BCUT2D eigenvalue weighted by molar-refractivity contribution is 5.26. The SMILES string of the molecule is Cc1c(O)c(=O)ccn1C[C@H](O)c1ccccc1F. The van der Waals surface area contributed by atoms with Crippen molar-refractivity contribution in [3.63, 3.8) is 0 Å². The molecule has 2 aromatic rings. The van der Waals surface area contributed by atoms with Crippen LogP contribution >= 0.6 is 0 Å². The summed E-state index contributed by atoms with van der Waals surface area (Å²) in [4.78, 5) is 11.2. The quantitative estimate of drug-likeness (QED) is 0.886. The van der Waals surface area contributed by atoms with Gasteiger partial charge in [0.25, 0.3) is 0 Å². The average molecular weight is 263 g/mol. The van der Waals surface area contributed by atoms with E-state index in [0.29, 0.717) is 5.69 Å². The van der Waals surface area contributed by atoms with E-state index in [2.05, 4.69) is 0 Å². The number of aliphatic hydroxyl groups excluding tert-OH is 1. The van der Waals surface area contributed by atoms with Gasteiger partial charge < -0.3 is 14.8 Å².